The highest BCUT2D eigenvalue weighted by molar-refractivity contribution is 9.10. The zero-order valence-corrected chi connectivity index (χ0v) is 12.7. The van der Waals surface area contributed by atoms with Gasteiger partial charge in [0.25, 0.3) is 0 Å². The largest absolute Gasteiger partial charge is 0.478 e. The molecule has 0 aromatic heterocycles. The van der Waals surface area contributed by atoms with E-state index in [1.54, 1.807) is 18.2 Å². The van der Waals surface area contributed by atoms with Crippen LogP contribution in [0.25, 0.3) is 0 Å². The predicted octanol–water partition coefficient (Wildman–Crippen LogP) is 3.12. The summed E-state index contributed by atoms with van der Waals surface area (Å²) in [6.45, 7) is 0. The second-order valence-electron chi connectivity index (χ2n) is 4.22. The molecule has 1 N–H and O–H groups in total. The van der Waals surface area contributed by atoms with Crippen molar-refractivity contribution >= 4 is 31.7 Å². The lowest BCUT2D eigenvalue weighted by molar-refractivity contribution is 0.0697. The molecule has 0 aliphatic carbocycles. The SMILES string of the molecule is O=C(O)c1ccc(S(=O)(=O)Cc2cccc(Br)c2)cc1. The Morgan fingerprint density at radius 3 is 2.30 bits per heavy atom. The first-order valence-corrected chi connectivity index (χ1v) is 8.13. The molecule has 0 fully saturated rings. The molecule has 6 heteroatoms. The molecule has 2 rings (SSSR count). The van der Waals surface area contributed by atoms with Crippen molar-refractivity contribution in [1.29, 1.82) is 0 Å². The van der Waals surface area contributed by atoms with E-state index in [0.717, 1.165) is 4.47 Å². The molecule has 0 saturated heterocycles. The summed E-state index contributed by atoms with van der Waals surface area (Å²) in [6, 6.07) is 12.3. The van der Waals surface area contributed by atoms with E-state index < -0.39 is 15.8 Å². The molecule has 0 atom stereocenters. The van der Waals surface area contributed by atoms with Crippen LogP contribution in [-0.4, -0.2) is 19.5 Å². The normalized spacial score (nSPS) is 11.2. The lowest BCUT2D eigenvalue weighted by Gasteiger charge is -2.05. The molecule has 0 unspecified atom stereocenters. The van der Waals surface area contributed by atoms with Gasteiger partial charge in [0.15, 0.2) is 9.84 Å². The van der Waals surface area contributed by atoms with Crippen molar-refractivity contribution in [2.75, 3.05) is 0 Å². The second-order valence-corrected chi connectivity index (χ2v) is 7.12. The van der Waals surface area contributed by atoms with Crippen LogP contribution >= 0.6 is 15.9 Å². The van der Waals surface area contributed by atoms with Crippen molar-refractivity contribution in [1.82, 2.24) is 0 Å². The Hall–Kier alpha value is -1.66. The minimum absolute atomic E-state index is 0.0615. The summed E-state index contributed by atoms with van der Waals surface area (Å²) in [6.07, 6.45) is 0. The maximum atomic E-state index is 12.2. The fourth-order valence-corrected chi connectivity index (χ4v) is 3.52. The summed E-state index contributed by atoms with van der Waals surface area (Å²) in [5.74, 6) is -1.21. The number of sulfone groups is 1. The van der Waals surface area contributed by atoms with Gasteiger partial charge in [-0.15, -0.1) is 0 Å². The summed E-state index contributed by atoms with van der Waals surface area (Å²) in [4.78, 5) is 10.8. The smallest absolute Gasteiger partial charge is 0.335 e. The summed E-state index contributed by atoms with van der Waals surface area (Å²) >= 11 is 3.29. The Morgan fingerprint density at radius 1 is 1.10 bits per heavy atom. The number of carboxylic acid groups (broad SMARTS) is 1. The monoisotopic (exact) mass is 354 g/mol. The van der Waals surface area contributed by atoms with Gasteiger partial charge in [0.2, 0.25) is 0 Å². The van der Waals surface area contributed by atoms with Gasteiger partial charge in [-0.05, 0) is 42.0 Å². The van der Waals surface area contributed by atoms with Crippen molar-refractivity contribution < 1.29 is 18.3 Å². The predicted molar refractivity (Wildman–Crippen MR) is 78.4 cm³/mol. The maximum absolute atomic E-state index is 12.2. The van der Waals surface area contributed by atoms with Crippen LogP contribution < -0.4 is 0 Å². The molecule has 0 saturated carbocycles. The zero-order valence-electron chi connectivity index (χ0n) is 10.3. The molecule has 0 amide bonds. The number of benzene rings is 2. The third kappa shape index (κ3) is 3.46. The summed E-state index contributed by atoms with van der Waals surface area (Å²) in [5.41, 5.74) is 0.730. The highest BCUT2D eigenvalue weighted by atomic mass is 79.9. The molecule has 20 heavy (non-hydrogen) atoms. The molecule has 4 nitrogen and oxygen atoms in total. The van der Waals surface area contributed by atoms with E-state index in [0.29, 0.717) is 5.56 Å². The van der Waals surface area contributed by atoms with E-state index in [-0.39, 0.29) is 16.2 Å². The molecule has 0 spiro atoms. The number of carbonyl (C=O) groups is 1. The molecule has 2 aromatic rings. The molecule has 0 aliphatic heterocycles. The fourth-order valence-electron chi connectivity index (χ4n) is 1.73. The van der Waals surface area contributed by atoms with Crippen LogP contribution in [0.15, 0.2) is 57.9 Å². The van der Waals surface area contributed by atoms with Gasteiger partial charge in [0, 0.05) is 4.47 Å². The van der Waals surface area contributed by atoms with Crippen LogP contribution in [0.1, 0.15) is 15.9 Å². The van der Waals surface area contributed by atoms with Crippen molar-refractivity contribution in [3.63, 3.8) is 0 Å². The van der Waals surface area contributed by atoms with Gasteiger partial charge < -0.3 is 5.11 Å². The number of hydrogen-bond acceptors (Lipinski definition) is 3. The average Bonchev–Trinajstić information content (AvgIpc) is 2.38. The maximum Gasteiger partial charge on any atom is 0.335 e. The molecular formula is C14H11BrO4S. The van der Waals surface area contributed by atoms with Gasteiger partial charge in [-0.1, -0.05) is 28.1 Å². The standard InChI is InChI=1S/C14H11BrO4S/c15-12-3-1-2-10(8-12)9-20(18,19)13-6-4-11(5-7-13)14(16)17/h1-8H,9H2,(H,16,17). The van der Waals surface area contributed by atoms with Crippen LogP contribution in [0.5, 0.6) is 0 Å². The van der Waals surface area contributed by atoms with Crippen LogP contribution in [0.3, 0.4) is 0 Å². The van der Waals surface area contributed by atoms with Crippen LogP contribution in [0, 0.1) is 0 Å². The third-order valence-electron chi connectivity index (χ3n) is 2.71. The lowest BCUT2D eigenvalue weighted by atomic mass is 10.2. The first kappa shape index (κ1) is 14.7. The third-order valence-corrected chi connectivity index (χ3v) is 4.90. The fraction of sp³-hybridized carbons (Fsp3) is 0.0714. The molecular weight excluding hydrogens is 344 g/mol. The number of carboxylic acids is 1. The number of rotatable bonds is 4. The Morgan fingerprint density at radius 2 is 1.75 bits per heavy atom. The van der Waals surface area contributed by atoms with Crippen molar-refractivity contribution in [2.24, 2.45) is 0 Å². The van der Waals surface area contributed by atoms with Crippen molar-refractivity contribution in [3.8, 4) is 0 Å². The van der Waals surface area contributed by atoms with Gasteiger partial charge in [0.1, 0.15) is 0 Å². The minimum atomic E-state index is -3.49. The zero-order chi connectivity index (χ0) is 14.8. The van der Waals surface area contributed by atoms with Gasteiger partial charge in [0.05, 0.1) is 16.2 Å². The summed E-state index contributed by atoms with van der Waals surface area (Å²) in [7, 11) is -3.49. The second kappa shape index (κ2) is 5.76. The molecule has 0 radical (unpaired) electrons. The summed E-state index contributed by atoms with van der Waals surface area (Å²) < 4.78 is 25.3. The van der Waals surface area contributed by atoms with Gasteiger partial charge in [-0.3, -0.25) is 0 Å². The number of hydrogen-bond donors (Lipinski definition) is 1. The minimum Gasteiger partial charge on any atom is -0.478 e. The van der Waals surface area contributed by atoms with E-state index in [1.807, 2.05) is 6.07 Å². The molecule has 0 bridgehead atoms. The highest BCUT2D eigenvalue weighted by Crippen LogP contribution is 2.19. The van der Waals surface area contributed by atoms with Crippen LogP contribution in [0.4, 0.5) is 0 Å². The van der Waals surface area contributed by atoms with E-state index >= 15 is 0 Å². The van der Waals surface area contributed by atoms with Crippen molar-refractivity contribution in [2.45, 2.75) is 10.6 Å². The molecule has 104 valence electrons. The van der Waals surface area contributed by atoms with Gasteiger partial charge in [-0.2, -0.15) is 0 Å². The van der Waals surface area contributed by atoms with Gasteiger partial charge >= 0.3 is 5.97 Å². The van der Waals surface area contributed by atoms with Crippen LogP contribution in [-0.2, 0) is 15.6 Å². The first-order valence-electron chi connectivity index (χ1n) is 5.69. The molecule has 0 aliphatic rings. The summed E-state index contributed by atoms with van der Waals surface area (Å²) in [5, 5.41) is 8.79. The average molecular weight is 355 g/mol. The Bertz CT molecular complexity index is 736. The Labute approximate surface area is 125 Å². The van der Waals surface area contributed by atoms with Crippen molar-refractivity contribution in [3.05, 3.63) is 64.1 Å². The Balaban J connectivity index is 2.28. The molecule has 2 aromatic carbocycles. The Kier molecular flexibility index (Phi) is 4.25. The molecule has 0 heterocycles. The first-order chi connectivity index (χ1) is 9.38. The topological polar surface area (TPSA) is 71.4 Å². The van der Waals surface area contributed by atoms with E-state index in [2.05, 4.69) is 15.9 Å². The quantitative estimate of drug-likeness (QED) is 0.915. The lowest BCUT2D eigenvalue weighted by Crippen LogP contribution is -2.06. The highest BCUT2D eigenvalue weighted by Gasteiger charge is 2.16. The van der Waals surface area contributed by atoms with Crippen LogP contribution in [0.2, 0.25) is 0 Å². The van der Waals surface area contributed by atoms with Gasteiger partial charge in [-0.25, -0.2) is 13.2 Å². The van der Waals surface area contributed by atoms with E-state index in [9.17, 15) is 13.2 Å². The van der Waals surface area contributed by atoms with E-state index in [4.69, 9.17) is 5.11 Å². The number of aromatic carboxylic acids is 1. The van der Waals surface area contributed by atoms with E-state index in [1.165, 1.54) is 24.3 Å². The number of halogens is 1.